The van der Waals surface area contributed by atoms with Crippen molar-refractivity contribution in [1.82, 2.24) is 5.32 Å². The molecule has 1 N–H and O–H groups in total. The van der Waals surface area contributed by atoms with Gasteiger partial charge in [-0.3, -0.25) is 4.79 Å². The molecule has 2 atom stereocenters. The highest BCUT2D eigenvalue weighted by atomic mass is 16.1. The topological polar surface area (TPSA) is 29.1 Å². The van der Waals surface area contributed by atoms with Crippen LogP contribution in [0.5, 0.6) is 0 Å². The van der Waals surface area contributed by atoms with E-state index in [2.05, 4.69) is 37.0 Å². The van der Waals surface area contributed by atoms with Crippen LogP contribution in [0.4, 0.5) is 0 Å². The van der Waals surface area contributed by atoms with E-state index in [1.54, 1.807) is 6.92 Å². The van der Waals surface area contributed by atoms with Crippen LogP contribution in [0.1, 0.15) is 26.7 Å². The number of hydrogen-bond acceptors (Lipinski definition) is 2. The first kappa shape index (κ1) is 11.9. The van der Waals surface area contributed by atoms with Gasteiger partial charge in [0, 0.05) is 23.2 Å². The first-order valence-electron chi connectivity index (χ1n) is 6.15. The average Bonchev–Trinajstić information content (AvgIpc) is 2.67. The minimum atomic E-state index is 0.134. The van der Waals surface area contributed by atoms with E-state index < -0.39 is 0 Å². The Morgan fingerprint density at radius 3 is 2.88 bits per heavy atom. The molecule has 0 radical (unpaired) electrons. The van der Waals surface area contributed by atoms with Gasteiger partial charge in [-0.1, -0.05) is 24.3 Å². The molecule has 1 aliphatic carbocycles. The highest BCUT2D eigenvalue weighted by Gasteiger charge is 2.33. The second kappa shape index (κ2) is 4.74. The number of allylic oxidation sites excluding steroid dienone is 4. The fourth-order valence-corrected chi connectivity index (χ4v) is 2.62. The molecule has 0 saturated carbocycles. The summed E-state index contributed by atoms with van der Waals surface area (Å²) >= 11 is 0. The Kier molecular flexibility index (Phi) is 3.32. The molecule has 0 amide bonds. The molecular formula is C15H19NO. The molecule has 17 heavy (non-hydrogen) atoms. The Labute approximate surface area is 103 Å². The van der Waals surface area contributed by atoms with Gasteiger partial charge < -0.3 is 5.32 Å². The molecule has 0 aromatic rings. The standard InChI is InChI=1S/C15H19NO/c1-4-13-10(2)16-15(14(13)11(3)17)12-8-6-5-7-9-12/h4-6,8,10,13,16H,1,7,9H2,2-3H3. The Balaban J connectivity index is 2.44. The Bertz CT molecular complexity index is 440. The van der Waals surface area contributed by atoms with Gasteiger partial charge in [-0.25, -0.2) is 0 Å². The van der Waals surface area contributed by atoms with E-state index in [4.69, 9.17) is 0 Å². The van der Waals surface area contributed by atoms with Crippen molar-refractivity contribution in [1.29, 1.82) is 0 Å². The Hall–Kier alpha value is -1.57. The van der Waals surface area contributed by atoms with Gasteiger partial charge in [0.1, 0.15) is 0 Å². The lowest BCUT2D eigenvalue weighted by atomic mass is 9.90. The maximum atomic E-state index is 11.8. The average molecular weight is 229 g/mol. The Morgan fingerprint density at radius 2 is 2.35 bits per heavy atom. The van der Waals surface area contributed by atoms with Crippen LogP contribution in [0.3, 0.4) is 0 Å². The smallest absolute Gasteiger partial charge is 0.158 e. The summed E-state index contributed by atoms with van der Waals surface area (Å²) in [6.07, 6.45) is 10.3. The molecule has 2 unspecified atom stereocenters. The van der Waals surface area contributed by atoms with E-state index in [-0.39, 0.29) is 17.7 Å². The third-order valence-electron chi connectivity index (χ3n) is 3.48. The maximum Gasteiger partial charge on any atom is 0.158 e. The summed E-state index contributed by atoms with van der Waals surface area (Å²) in [6, 6.07) is 0.258. The second-order valence-corrected chi connectivity index (χ2v) is 4.70. The van der Waals surface area contributed by atoms with Crippen molar-refractivity contribution in [2.75, 3.05) is 0 Å². The van der Waals surface area contributed by atoms with Gasteiger partial charge in [0.2, 0.25) is 0 Å². The lowest BCUT2D eigenvalue weighted by Gasteiger charge is -2.14. The highest BCUT2D eigenvalue weighted by Crippen LogP contribution is 2.33. The van der Waals surface area contributed by atoms with Crippen molar-refractivity contribution < 1.29 is 4.79 Å². The molecule has 0 bridgehead atoms. The van der Waals surface area contributed by atoms with Crippen LogP contribution in [0, 0.1) is 5.92 Å². The van der Waals surface area contributed by atoms with Crippen molar-refractivity contribution in [3.8, 4) is 0 Å². The molecule has 0 aromatic carbocycles. The number of ketones is 1. The number of Topliss-reactive ketones (excluding diaryl/α,β-unsaturated/α-hetero) is 1. The van der Waals surface area contributed by atoms with Crippen LogP contribution in [0.15, 0.2) is 47.7 Å². The third kappa shape index (κ3) is 2.12. The molecule has 2 nitrogen and oxygen atoms in total. The zero-order chi connectivity index (χ0) is 12.4. The number of nitrogens with one attached hydrogen (secondary N) is 1. The van der Waals surface area contributed by atoms with Gasteiger partial charge in [-0.05, 0) is 32.3 Å². The quantitative estimate of drug-likeness (QED) is 0.754. The monoisotopic (exact) mass is 229 g/mol. The van der Waals surface area contributed by atoms with Gasteiger partial charge in [0.05, 0.1) is 0 Å². The van der Waals surface area contributed by atoms with E-state index in [9.17, 15) is 4.79 Å². The van der Waals surface area contributed by atoms with Crippen LogP contribution in [-0.2, 0) is 4.79 Å². The molecule has 0 aromatic heterocycles. The predicted molar refractivity (Wildman–Crippen MR) is 70.4 cm³/mol. The van der Waals surface area contributed by atoms with Gasteiger partial charge in [-0.15, -0.1) is 6.58 Å². The third-order valence-corrected chi connectivity index (χ3v) is 3.48. The number of carbonyl (C=O) groups is 1. The van der Waals surface area contributed by atoms with Gasteiger partial charge in [-0.2, -0.15) is 0 Å². The van der Waals surface area contributed by atoms with Crippen molar-refractivity contribution >= 4 is 5.78 Å². The molecule has 0 saturated heterocycles. The minimum absolute atomic E-state index is 0.134. The minimum Gasteiger partial charge on any atom is -0.381 e. The number of carbonyl (C=O) groups excluding carboxylic acids is 1. The van der Waals surface area contributed by atoms with Crippen LogP contribution in [0.25, 0.3) is 0 Å². The molecule has 0 fully saturated rings. The molecule has 90 valence electrons. The SMILES string of the molecule is C=CC1C(C(C)=O)=C(C2=CC=CCC2)NC1C. The van der Waals surface area contributed by atoms with E-state index in [0.717, 1.165) is 24.1 Å². The van der Waals surface area contributed by atoms with E-state index in [1.807, 2.05) is 6.08 Å². The first-order valence-corrected chi connectivity index (χ1v) is 6.15. The van der Waals surface area contributed by atoms with Gasteiger partial charge >= 0.3 is 0 Å². The number of rotatable bonds is 3. The summed E-state index contributed by atoms with van der Waals surface area (Å²) in [7, 11) is 0. The van der Waals surface area contributed by atoms with Gasteiger partial charge in [0.15, 0.2) is 5.78 Å². The zero-order valence-electron chi connectivity index (χ0n) is 10.5. The highest BCUT2D eigenvalue weighted by molar-refractivity contribution is 5.96. The summed E-state index contributed by atoms with van der Waals surface area (Å²) in [5.41, 5.74) is 3.18. The largest absolute Gasteiger partial charge is 0.381 e. The summed E-state index contributed by atoms with van der Waals surface area (Å²) in [5.74, 6) is 0.284. The normalized spacial score (nSPS) is 27.8. The summed E-state index contributed by atoms with van der Waals surface area (Å²) in [6.45, 7) is 7.59. The molecule has 2 aliphatic rings. The molecular weight excluding hydrogens is 210 g/mol. The van der Waals surface area contributed by atoms with Crippen LogP contribution in [0.2, 0.25) is 0 Å². The zero-order valence-corrected chi connectivity index (χ0v) is 10.5. The second-order valence-electron chi connectivity index (χ2n) is 4.70. The van der Waals surface area contributed by atoms with E-state index in [1.165, 1.54) is 5.57 Å². The summed E-state index contributed by atoms with van der Waals surface area (Å²) in [5, 5.41) is 3.44. The molecule has 0 spiro atoms. The van der Waals surface area contributed by atoms with Crippen LogP contribution in [-0.4, -0.2) is 11.8 Å². The summed E-state index contributed by atoms with van der Waals surface area (Å²) in [4.78, 5) is 11.8. The first-order chi connectivity index (χ1) is 8.15. The van der Waals surface area contributed by atoms with E-state index in [0.29, 0.717) is 0 Å². The van der Waals surface area contributed by atoms with Crippen LogP contribution < -0.4 is 5.32 Å². The fourth-order valence-electron chi connectivity index (χ4n) is 2.62. The van der Waals surface area contributed by atoms with Crippen molar-refractivity contribution in [3.05, 3.63) is 47.7 Å². The van der Waals surface area contributed by atoms with Crippen molar-refractivity contribution in [2.45, 2.75) is 32.7 Å². The van der Waals surface area contributed by atoms with Gasteiger partial charge in [0.25, 0.3) is 0 Å². The maximum absolute atomic E-state index is 11.8. The lowest BCUT2D eigenvalue weighted by molar-refractivity contribution is -0.114. The Morgan fingerprint density at radius 1 is 1.59 bits per heavy atom. The molecule has 2 rings (SSSR count). The van der Waals surface area contributed by atoms with E-state index >= 15 is 0 Å². The van der Waals surface area contributed by atoms with Crippen LogP contribution >= 0.6 is 0 Å². The molecule has 2 heteroatoms. The van der Waals surface area contributed by atoms with Crippen molar-refractivity contribution in [2.24, 2.45) is 5.92 Å². The van der Waals surface area contributed by atoms with Crippen molar-refractivity contribution in [3.63, 3.8) is 0 Å². The fraction of sp³-hybridized carbons (Fsp3) is 0.400. The molecule has 1 heterocycles. The predicted octanol–water partition coefficient (Wildman–Crippen LogP) is 2.90. The molecule has 1 aliphatic heterocycles. The lowest BCUT2D eigenvalue weighted by Crippen LogP contribution is -2.25. The summed E-state index contributed by atoms with van der Waals surface area (Å²) < 4.78 is 0. The number of hydrogen-bond donors (Lipinski definition) is 1.